The van der Waals surface area contributed by atoms with Crippen molar-refractivity contribution in [3.05, 3.63) is 20.8 Å². The number of rotatable bonds is 2. The van der Waals surface area contributed by atoms with E-state index in [1.54, 1.807) is 11.3 Å². The molecule has 3 heteroatoms. The first-order valence-corrected chi connectivity index (χ1v) is 8.80. The van der Waals surface area contributed by atoms with Gasteiger partial charge in [-0.2, -0.15) is 0 Å². The molecule has 0 spiro atoms. The van der Waals surface area contributed by atoms with Gasteiger partial charge in [0.05, 0.1) is 6.10 Å². The summed E-state index contributed by atoms with van der Waals surface area (Å²) in [6.45, 7) is 0. The molecule has 0 aromatic carbocycles. The van der Waals surface area contributed by atoms with E-state index in [0.717, 1.165) is 33.0 Å². The minimum absolute atomic E-state index is 0.227. The van der Waals surface area contributed by atoms with Crippen LogP contribution in [-0.4, -0.2) is 5.11 Å². The Kier molecular flexibility index (Phi) is 2.86. The van der Waals surface area contributed by atoms with Crippen molar-refractivity contribution in [1.82, 2.24) is 0 Å². The number of aliphatic hydroxyl groups excluding tert-OH is 1. The Labute approximate surface area is 121 Å². The van der Waals surface area contributed by atoms with Gasteiger partial charge in [-0.1, -0.05) is 0 Å². The van der Waals surface area contributed by atoms with Gasteiger partial charge in [0.15, 0.2) is 0 Å². The highest BCUT2D eigenvalue weighted by Gasteiger charge is 2.50. The summed E-state index contributed by atoms with van der Waals surface area (Å²) < 4.78 is 1.11. The smallest absolute Gasteiger partial charge is 0.0926 e. The Hall–Kier alpha value is 0.140. The van der Waals surface area contributed by atoms with Gasteiger partial charge in [-0.15, -0.1) is 11.3 Å². The molecule has 18 heavy (non-hydrogen) atoms. The van der Waals surface area contributed by atoms with Gasteiger partial charge in [0.2, 0.25) is 0 Å². The van der Waals surface area contributed by atoms with Crippen molar-refractivity contribution in [3.8, 4) is 0 Å². The van der Waals surface area contributed by atoms with Crippen LogP contribution in [0.1, 0.15) is 43.1 Å². The second-order valence-electron chi connectivity index (χ2n) is 6.59. The predicted octanol–water partition coefficient (Wildman–Crippen LogP) is 4.62. The van der Waals surface area contributed by atoms with Crippen molar-refractivity contribution in [2.24, 2.45) is 29.6 Å². The van der Waals surface area contributed by atoms with E-state index in [2.05, 4.69) is 27.4 Å². The third-order valence-corrected chi connectivity index (χ3v) is 7.52. The number of halogens is 1. The maximum Gasteiger partial charge on any atom is 0.0926 e. The van der Waals surface area contributed by atoms with E-state index in [0.29, 0.717) is 5.92 Å². The van der Waals surface area contributed by atoms with Crippen molar-refractivity contribution >= 4 is 27.3 Å². The molecule has 1 N–H and O–H groups in total. The molecule has 4 bridgehead atoms. The highest BCUT2D eigenvalue weighted by Crippen LogP contribution is 2.59. The van der Waals surface area contributed by atoms with E-state index in [9.17, 15) is 5.11 Å². The molecule has 1 aromatic rings. The molecule has 5 rings (SSSR count). The van der Waals surface area contributed by atoms with Crippen LogP contribution in [0.3, 0.4) is 0 Å². The highest BCUT2D eigenvalue weighted by atomic mass is 79.9. The summed E-state index contributed by atoms with van der Waals surface area (Å²) in [5, 5.41) is 12.9. The molecule has 1 unspecified atom stereocenters. The summed E-state index contributed by atoms with van der Waals surface area (Å²) in [5.41, 5.74) is 0. The van der Waals surface area contributed by atoms with Gasteiger partial charge >= 0.3 is 0 Å². The van der Waals surface area contributed by atoms with E-state index in [1.165, 1.54) is 32.1 Å². The first kappa shape index (κ1) is 11.9. The van der Waals surface area contributed by atoms with Crippen LogP contribution in [0.5, 0.6) is 0 Å². The Morgan fingerprint density at radius 1 is 1.11 bits per heavy atom. The van der Waals surface area contributed by atoms with Crippen LogP contribution in [0.4, 0.5) is 0 Å². The Morgan fingerprint density at radius 3 is 2.22 bits per heavy atom. The zero-order valence-electron chi connectivity index (χ0n) is 10.4. The fraction of sp³-hybridized carbons (Fsp3) is 0.733. The lowest BCUT2D eigenvalue weighted by molar-refractivity contribution is -0.0899. The molecular formula is C15H19BrOS. The van der Waals surface area contributed by atoms with Crippen molar-refractivity contribution < 1.29 is 5.11 Å². The van der Waals surface area contributed by atoms with Crippen molar-refractivity contribution in [2.45, 2.75) is 38.2 Å². The lowest BCUT2D eigenvalue weighted by Gasteiger charge is -2.55. The van der Waals surface area contributed by atoms with Crippen LogP contribution in [0.2, 0.25) is 0 Å². The fourth-order valence-electron chi connectivity index (χ4n) is 5.17. The zero-order chi connectivity index (χ0) is 12.3. The Bertz CT molecular complexity index is 427. The summed E-state index contributed by atoms with van der Waals surface area (Å²) >= 11 is 5.29. The van der Waals surface area contributed by atoms with Gasteiger partial charge in [0.1, 0.15) is 0 Å². The minimum atomic E-state index is -0.227. The molecule has 1 nitrogen and oxygen atoms in total. The molecule has 0 saturated heterocycles. The topological polar surface area (TPSA) is 20.2 Å². The van der Waals surface area contributed by atoms with Gasteiger partial charge in [-0.05, 0) is 89.1 Å². The molecule has 1 atom stereocenters. The SMILES string of the molecule is OC(c1sccc1Br)C1C2CC3CC(C2)CC1C3. The standard InChI is InChI=1S/C15H19BrOS/c16-12-1-2-18-15(12)14(17)13-10-4-8-3-9(6-10)7-11(13)5-8/h1-2,8-11,13-14,17H,3-7H2. The van der Waals surface area contributed by atoms with Gasteiger partial charge in [0, 0.05) is 9.35 Å². The Morgan fingerprint density at radius 2 is 1.72 bits per heavy atom. The highest BCUT2D eigenvalue weighted by molar-refractivity contribution is 9.10. The van der Waals surface area contributed by atoms with Crippen molar-refractivity contribution in [3.63, 3.8) is 0 Å². The summed E-state index contributed by atoms with van der Waals surface area (Å²) in [6, 6.07) is 2.07. The molecule has 4 saturated carbocycles. The molecule has 0 amide bonds. The second kappa shape index (κ2) is 4.32. The minimum Gasteiger partial charge on any atom is -0.387 e. The zero-order valence-corrected chi connectivity index (χ0v) is 12.8. The molecular weight excluding hydrogens is 308 g/mol. The van der Waals surface area contributed by atoms with E-state index in [4.69, 9.17) is 0 Å². The number of thiophene rings is 1. The van der Waals surface area contributed by atoms with Gasteiger partial charge in [-0.25, -0.2) is 0 Å². The average molecular weight is 327 g/mol. The third kappa shape index (κ3) is 1.74. The maximum absolute atomic E-state index is 10.8. The summed E-state index contributed by atoms with van der Waals surface area (Å²) in [5.74, 6) is 4.11. The monoisotopic (exact) mass is 326 g/mol. The lowest BCUT2D eigenvalue weighted by atomic mass is 9.51. The van der Waals surface area contributed by atoms with Gasteiger partial charge < -0.3 is 5.11 Å². The van der Waals surface area contributed by atoms with Crippen LogP contribution < -0.4 is 0 Å². The number of hydrogen-bond acceptors (Lipinski definition) is 2. The molecule has 4 aliphatic rings. The number of aliphatic hydroxyl groups is 1. The van der Waals surface area contributed by atoms with Crippen molar-refractivity contribution in [1.29, 1.82) is 0 Å². The third-order valence-electron chi connectivity index (χ3n) is 5.58. The summed E-state index contributed by atoms with van der Waals surface area (Å²) in [6.07, 6.45) is 6.80. The van der Waals surface area contributed by atoms with E-state index in [1.807, 2.05) is 0 Å². The van der Waals surface area contributed by atoms with Gasteiger partial charge in [-0.3, -0.25) is 0 Å². The average Bonchev–Trinajstić information content (AvgIpc) is 2.73. The van der Waals surface area contributed by atoms with E-state index >= 15 is 0 Å². The van der Waals surface area contributed by atoms with Gasteiger partial charge in [0.25, 0.3) is 0 Å². The molecule has 4 fully saturated rings. The summed E-state index contributed by atoms with van der Waals surface area (Å²) in [4.78, 5) is 1.16. The molecule has 1 heterocycles. The molecule has 0 radical (unpaired) electrons. The molecule has 1 aromatic heterocycles. The first-order valence-electron chi connectivity index (χ1n) is 7.13. The van der Waals surface area contributed by atoms with Crippen LogP contribution in [0.25, 0.3) is 0 Å². The van der Waals surface area contributed by atoms with E-state index in [-0.39, 0.29) is 6.10 Å². The number of hydrogen-bond donors (Lipinski definition) is 1. The molecule has 0 aliphatic heterocycles. The normalized spacial score (nSPS) is 43.3. The lowest BCUT2D eigenvalue weighted by Crippen LogP contribution is -2.47. The summed E-state index contributed by atoms with van der Waals surface area (Å²) in [7, 11) is 0. The molecule has 98 valence electrons. The van der Waals surface area contributed by atoms with Crippen LogP contribution in [-0.2, 0) is 0 Å². The van der Waals surface area contributed by atoms with Crippen LogP contribution in [0.15, 0.2) is 15.9 Å². The maximum atomic E-state index is 10.8. The fourth-order valence-corrected chi connectivity index (χ4v) is 6.82. The Balaban J connectivity index is 1.63. The van der Waals surface area contributed by atoms with Crippen LogP contribution in [0, 0.1) is 29.6 Å². The largest absolute Gasteiger partial charge is 0.387 e. The van der Waals surface area contributed by atoms with Crippen LogP contribution >= 0.6 is 27.3 Å². The molecule has 4 aliphatic carbocycles. The van der Waals surface area contributed by atoms with Crippen molar-refractivity contribution in [2.75, 3.05) is 0 Å². The van der Waals surface area contributed by atoms with E-state index < -0.39 is 0 Å². The second-order valence-corrected chi connectivity index (χ2v) is 8.39. The predicted molar refractivity (Wildman–Crippen MR) is 77.5 cm³/mol. The first-order chi connectivity index (χ1) is 8.72. The quantitative estimate of drug-likeness (QED) is 0.840.